The van der Waals surface area contributed by atoms with Crippen LogP contribution in [0.3, 0.4) is 0 Å². The van der Waals surface area contributed by atoms with Crippen molar-refractivity contribution in [3.05, 3.63) is 11.9 Å². The van der Waals surface area contributed by atoms with Crippen molar-refractivity contribution in [2.24, 2.45) is 0 Å². The van der Waals surface area contributed by atoms with Crippen molar-refractivity contribution < 1.29 is 19.1 Å². The molecule has 0 aliphatic carbocycles. The Bertz CT molecular complexity index is 254. The second-order valence-corrected chi connectivity index (χ2v) is 4.61. The number of hydrogen-bond donors (Lipinski definition) is 3. The number of hydrogen-bond acceptors (Lipinski definition) is 3. The first-order valence-electron chi connectivity index (χ1n) is 4.34. The predicted octanol–water partition coefficient (Wildman–Crippen LogP) is -0.449. The molecule has 0 amide bonds. The number of rotatable bonds is 2. The van der Waals surface area contributed by atoms with E-state index in [2.05, 4.69) is 5.32 Å². The molecule has 3 N–H and O–H groups in total. The molecule has 0 aromatic carbocycles. The molecule has 78 valence electrons. The van der Waals surface area contributed by atoms with Crippen LogP contribution < -0.4 is 5.32 Å². The molecule has 1 aliphatic heterocycles. The minimum atomic E-state index is -4.10. The van der Waals surface area contributed by atoms with Crippen molar-refractivity contribution in [1.82, 2.24) is 5.32 Å². The molecule has 5 nitrogen and oxygen atoms in total. The highest BCUT2D eigenvalue weighted by molar-refractivity contribution is 7.55. The van der Waals surface area contributed by atoms with Crippen molar-refractivity contribution in [1.29, 1.82) is 0 Å². The molecular formula is C7H13BNO4P. The topological polar surface area (TPSA) is 78.8 Å². The molecule has 1 saturated heterocycles. The first-order chi connectivity index (χ1) is 6.47. The Hall–Kier alpha value is -0.125. The fourth-order valence-corrected chi connectivity index (χ4v) is 1.57. The van der Waals surface area contributed by atoms with Crippen molar-refractivity contribution in [2.75, 3.05) is 13.1 Å². The van der Waals surface area contributed by atoms with E-state index in [9.17, 15) is 4.57 Å². The van der Waals surface area contributed by atoms with Crippen LogP contribution in [0.1, 0.15) is 6.42 Å². The van der Waals surface area contributed by atoms with Gasteiger partial charge in [0.1, 0.15) is 7.85 Å². The summed E-state index contributed by atoms with van der Waals surface area (Å²) in [5.41, 5.74) is 0. The van der Waals surface area contributed by atoms with E-state index in [0.29, 0.717) is 13.0 Å². The Morgan fingerprint density at radius 1 is 1.57 bits per heavy atom. The molecule has 0 saturated carbocycles. The Kier molecular flexibility index (Phi) is 4.35. The summed E-state index contributed by atoms with van der Waals surface area (Å²) in [5, 5.41) is 3.05. The van der Waals surface area contributed by atoms with Gasteiger partial charge in [-0.05, 0) is 19.0 Å². The predicted molar refractivity (Wildman–Crippen MR) is 53.1 cm³/mol. The quantitative estimate of drug-likeness (QED) is 0.431. The Labute approximate surface area is 84.1 Å². The first-order valence-corrected chi connectivity index (χ1v) is 6.02. The number of ether oxygens (including phenoxy) is 1. The van der Waals surface area contributed by atoms with Crippen molar-refractivity contribution in [3.63, 3.8) is 0 Å². The standard InChI is InChI=1S/C7H13BNO4P/c8-7-1-3-9-5-6(13-7)2-4-14(10,11)12/h2,4,6-7,9H,1,3,5H2,(H2,10,11,12)/b4-2+. The van der Waals surface area contributed by atoms with Crippen LogP contribution in [0.25, 0.3) is 0 Å². The third-order valence-electron chi connectivity index (χ3n) is 1.80. The molecule has 2 unspecified atom stereocenters. The molecule has 0 spiro atoms. The molecule has 1 rings (SSSR count). The zero-order valence-corrected chi connectivity index (χ0v) is 8.56. The zero-order chi connectivity index (χ0) is 10.6. The van der Waals surface area contributed by atoms with Gasteiger partial charge in [0.2, 0.25) is 0 Å². The molecule has 2 radical (unpaired) electrons. The van der Waals surface area contributed by atoms with Gasteiger partial charge in [0, 0.05) is 18.4 Å². The van der Waals surface area contributed by atoms with Gasteiger partial charge in [-0.25, -0.2) is 0 Å². The van der Waals surface area contributed by atoms with Crippen molar-refractivity contribution in [3.8, 4) is 0 Å². The highest BCUT2D eigenvalue weighted by atomic mass is 31.2. The fourth-order valence-electron chi connectivity index (χ4n) is 1.15. The smallest absolute Gasteiger partial charge is 0.348 e. The second-order valence-electron chi connectivity index (χ2n) is 3.14. The monoisotopic (exact) mass is 217 g/mol. The van der Waals surface area contributed by atoms with Crippen molar-refractivity contribution in [2.45, 2.75) is 18.5 Å². The Morgan fingerprint density at radius 2 is 2.29 bits per heavy atom. The summed E-state index contributed by atoms with van der Waals surface area (Å²) in [4.78, 5) is 17.2. The molecule has 7 heteroatoms. The summed E-state index contributed by atoms with van der Waals surface area (Å²) in [5.74, 6) is 0.845. The highest BCUT2D eigenvalue weighted by Crippen LogP contribution is 2.36. The largest absolute Gasteiger partial charge is 0.379 e. The van der Waals surface area contributed by atoms with E-state index in [-0.39, 0.29) is 12.1 Å². The Balaban J connectivity index is 2.50. The van der Waals surface area contributed by atoms with Crippen LogP contribution in [0, 0.1) is 0 Å². The minimum absolute atomic E-state index is 0.375. The van der Waals surface area contributed by atoms with Crippen LogP contribution in [0.4, 0.5) is 0 Å². The normalized spacial score (nSPS) is 30.4. The lowest BCUT2D eigenvalue weighted by molar-refractivity contribution is 0.0726. The van der Waals surface area contributed by atoms with Gasteiger partial charge in [-0.1, -0.05) is 0 Å². The average Bonchev–Trinajstić information content (AvgIpc) is 2.25. The van der Waals surface area contributed by atoms with E-state index in [4.69, 9.17) is 22.4 Å². The maximum absolute atomic E-state index is 10.5. The molecule has 1 heterocycles. The van der Waals surface area contributed by atoms with Crippen LogP contribution in [-0.2, 0) is 9.30 Å². The van der Waals surface area contributed by atoms with Gasteiger partial charge in [-0.3, -0.25) is 4.57 Å². The molecule has 0 aromatic rings. The van der Waals surface area contributed by atoms with Gasteiger partial charge in [-0.2, -0.15) is 0 Å². The zero-order valence-electron chi connectivity index (χ0n) is 7.67. The maximum Gasteiger partial charge on any atom is 0.348 e. The van der Waals surface area contributed by atoms with Gasteiger partial charge in [0.05, 0.1) is 6.10 Å². The van der Waals surface area contributed by atoms with Gasteiger partial charge in [-0.15, -0.1) is 0 Å². The van der Waals surface area contributed by atoms with Gasteiger partial charge in [0.15, 0.2) is 0 Å². The van der Waals surface area contributed by atoms with Crippen LogP contribution in [0.2, 0.25) is 0 Å². The van der Waals surface area contributed by atoms with Gasteiger partial charge in [0.25, 0.3) is 0 Å². The summed E-state index contributed by atoms with van der Waals surface area (Å²) < 4.78 is 15.8. The summed E-state index contributed by atoms with van der Waals surface area (Å²) in [6.45, 7) is 1.27. The molecule has 14 heavy (non-hydrogen) atoms. The second kappa shape index (κ2) is 5.10. The van der Waals surface area contributed by atoms with E-state index in [1.807, 2.05) is 0 Å². The minimum Gasteiger partial charge on any atom is -0.379 e. The highest BCUT2D eigenvalue weighted by Gasteiger charge is 2.15. The van der Waals surface area contributed by atoms with E-state index >= 15 is 0 Å². The van der Waals surface area contributed by atoms with Gasteiger partial charge < -0.3 is 19.8 Å². The van der Waals surface area contributed by atoms with E-state index < -0.39 is 7.60 Å². The number of nitrogens with one attached hydrogen (secondary N) is 1. The lowest BCUT2D eigenvalue weighted by Gasteiger charge is -2.15. The Morgan fingerprint density at radius 3 is 2.93 bits per heavy atom. The van der Waals surface area contributed by atoms with Crippen LogP contribution >= 0.6 is 7.60 Å². The van der Waals surface area contributed by atoms with E-state index in [1.165, 1.54) is 6.08 Å². The third kappa shape index (κ3) is 4.93. The van der Waals surface area contributed by atoms with Crippen LogP contribution in [0.15, 0.2) is 11.9 Å². The van der Waals surface area contributed by atoms with E-state index in [0.717, 1.165) is 12.4 Å². The molecule has 0 bridgehead atoms. The summed E-state index contributed by atoms with van der Waals surface area (Å²) in [7, 11) is 1.48. The molecule has 1 aliphatic rings. The SMILES string of the molecule is [B]C1CCNCC(/C=C/P(=O)(O)O)O1. The van der Waals surface area contributed by atoms with Gasteiger partial charge >= 0.3 is 7.60 Å². The lowest BCUT2D eigenvalue weighted by atomic mass is 9.97. The maximum atomic E-state index is 10.5. The molecule has 0 aromatic heterocycles. The summed E-state index contributed by atoms with van der Waals surface area (Å²) in [6, 6.07) is -0.378. The summed E-state index contributed by atoms with van der Waals surface area (Å²) in [6.07, 6.45) is 1.67. The molecule has 2 atom stereocenters. The third-order valence-corrected chi connectivity index (χ3v) is 2.36. The van der Waals surface area contributed by atoms with Crippen LogP contribution in [0.5, 0.6) is 0 Å². The average molecular weight is 217 g/mol. The molecule has 1 fully saturated rings. The van der Waals surface area contributed by atoms with Crippen LogP contribution in [-0.4, -0.2) is 42.8 Å². The summed E-state index contributed by atoms with van der Waals surface area (Å²) >= 11 is 0. The first kappa shape index (κ1) is 11.9. The molecular weight excluding hydrogens is 204 g/mol. The fraction of sp³-hybridized carbons (Fsp3) is 0.714. The van der Waals surface area contributed by atoms with E-state index in [1.54, 1.807) is 0 Å². The lowest BCUT2D eigenvalue weighted by Crippen LogP contribution is -2.25. The van der Waals surface area contributed by atoms with Crippen molar-refractivity contribution >= 4 is 15.4 Å².